The van der Waals surface area contributed by atoms with Crippen LogP contribution in [0.2, 0.25) is 0 Å². The fourth-order valence-electron chi connectivity index (χ4n) is 9.49. The number of rotatable bonds is 6. The molecule has 9 aromatic rings. The van der Waals surface area contributed by atoms with Gasteiger partial charge in [0.25, 0.3) is 0 Å². The van der Waals surface area contributed by atoms with Crippen LogP contribution in [0.15, 0.2) is 217 Å². The highest BCUT2D eigenvalue weighted by molar-refractivity contribution is 6.10. The number of furan rings is 1. The van der Waals surface area contributed by atoms with Crippen molar-refractivity contribution in [2.24, 2.45) is 0 Å². The van der Waals surface area contributed by atoms with E-state index in [0.29, 0.717) is 0 Å². The van der Waals surface area contributed by atoms with Crippen LogP contribution in [-0.2, 0) is 5.41 Å². The van der Waals surface area contributed by atoms with Gasteiger partial charge < -0.3 is 14.2 Å². The third kappa shape index (κ3) is 6.20. The van der Waals surface area contributed by atoms with Crippen molar-refractivity contribution in [1.82, 2.24) is 0 Å². The van der Waals surface area contributed by atoms with Gasteiger partial charge in [-0.2, -0.15) is 0 Å². The lowest BCUT2D eigenvalue weighted by Crippen LogP contribution is -2.18. The standard InChI is InChI=1S/C58H44N2O/c1-39-15-6-5-13-36-59(44-29-24-41(25-30-44)40-16-7-4-8-17-40)54-35-28-43(37-51(39)54)42-26-31-45(32-27-42)60(55-22-14-20-50-49-19-10-12-23-56(49)61-57(50)55)46-33-34-48-47-18-9-11-21-52(47)58(2,3)53(48)38-46/h4-35,37-38H,1,36H2,2-3H3/b13-5-,15-6-. The Bertz CT molecular complexity index is 3200. The second-order valence-electron chi connectivity index (χ2n) is 16.6. The molecular formula is C58H44N2O. The zero-order chi connectivity index (χ0) is 41.1. The first kappa shape index (κ1) is 36.5. The molecule has 0 saturated carbocycles. The van der Waals surface area contributed by atoms with Gasteiger partial charge in [0.1, 0.15) is 5.58 Å². The van der Waals surface area contributed by atoms with Crippen molar-refractivity contribution in [3.05, 3.63) is 230 Å². The summed E-state index contributed by atoms with van der Waals surface area (Å²) in [6, 6.07) is 65.7. The molecule has 2 aliphatic rings. The highest BCUT2D eigenvalue weighted by atomic mass is 16.3. The van der Waals surface area contributed by atoms with Crippen LogP contribution in [0.1, 0.15) is 30.5 Å². The highest BCUT2D eigenvalue weighted by Crippen LogP contribution is 2.51. The number of nitrogens with zero attached hydrogens (tertiary/aromatic N) is 2. The van der Waals surface area contributed by atoms with Gasteiger partial charge in [-0.25, -0.2) is 0 Å². The predicted molar refractivity (Wildman–Crippen MR) is 258 cm³/mol. The largest absolute Gasteiger partial charge is 0.454 e. The summed E-state index contributed by atoms with van der Waals surface area (Å²) in [7, 11) is 0. The fraction of sp³-hybridized carbons (Fsp3) is 0.0690. The minimum absolute atomic E-state index is 0.136. The molecule has 0 radical (unpaired) electrons. The number of hydrogen-bond donors (Lipinski definition) is 0. The van der Waals surface area contributed by atoms with E-state index in [9.17, 15) is 0 Å². The normalized spacial score (nSPS) is 15.0. The zero-order valence-corrected chi connectivity index (χ0v) is 34.3. The van der Waals surface area contributed by atoms with Crippen LogP contribution in [0.3, 0.4) is 0 Å². The third-order valence-electron chi connectivity index (χ3n) is 12.7. The Morgan fingerprint density at radius 2 is 1.21 bits per heavy atom. The van der Waals surface area contributed by atoms with Gasteiger partial charge >= 0.3 is 0 Å². The lowest BCUT2D eigenvalue weighted by Gasteiger charge is -2.28. The van der Waals surface area contributed by atoms with E-state index in [1.807, 2.05) is 6.07 Å². The van der Waals surface area contributed by atoms with Gasteiger partial charge in [0.2, 0.25) is 0 Å². The molecule has 8 aromatic carbocycles. The maximum atomic E-state index is 6.68. The maximum Gasteiger partial charge on any atom is 0.159 e. The first-order chi connectivity index (χ1) is 29.9. The number of fused-ring (bicyclic) bond motifs is 7. The first-order valence-electron chi connectivity index (χ1n) is 21.1. The Morgan fingerprint density at radius 3 is 2.07 bits per heavy atom. The molecule has 1 aromatic heterocycles. The van der Waals surface area contributed by atoms with Crippen molar-refractivity contribution in [3.63, 3.8) is 0 Å². The van der Waals surface area contributed by atoms with Crippen molar-refractivity contribution in [1.29, 1.82) is 0 Å². The second kappa shape index (κ2) is 14.6. The van der Waals surface area contributed by atoms with Gasteiger partial charge in [-0.3, -0.25) is 0 Å². The van der Waals surface area contributed by atoms with Crippen LogP contribution < -0.4 is 9.80 Å². The molecule has 0 N–H and O–H groups in total. The molecule has 0 fully saturated rings. The third-order valence-corrected chi connectivity index (χ3v) is 12.7. The number of anilines is 5. The molecule has 3 nitrogen and oxygen atoms in total. The van der Waals surface area contributed by atoms with Gasteiger partial charge in [0, 0.05) is 51.0 Å². The van der Waals surface area contributed by atoms with E-state index in [2.05, 4.69) is 230 Å². The maximum absolute atomic E-state index is 6.68. The Morgan fingerprint density at radius 1 is 0.541 bits per heavy atom. The molecule has 61 heavy (non-hydrogen) atoms. The van der Waals surface area contributed by atoms with E-state index in [-0.39, 0.29) is 5.41 Å². The number of para-hydroxylation sites is 2. The van der Waals surface area contributed by atoms with Gasteiger partial charge in [0.05, 0.1) is 5.69 Å². The molecule has 0 amide bonds. The molecule has 1 aliphatic heterocycles. The van der Waals surface area contributed by atoms with Crippen LogP contribution in [0.25, 0.3) is 60.9 Å². The molecule has 11 rings (SSSR count). The molecule has 2 heterocycles. The molecule has 0 atom stereocenters. The summed E-state index contributed by atoms with van der Waals surface area (Å²) in [5.41, 5.74) is 19.1. The number of hydrogen-bond acceptors (Lipinski definition) is 3. The van der Waals surface area contributed by atoms with Crippen LogP contribution in [0.5, 0.6) is 0 Å². The Kier molecular flexibility index (Phi) is 8.72. The van der Waals surface area contributed by atoms with Crippen molar-refractivity contribution in [3.8, 4) is 33.4 Å². The minimum atomic E-state index is -0.136. The van der Waals surface area contributed by atoms with Gasteiger partial charge in [0.15, 0.2) is 5.58 Å². The smallest absolute Gasteiger partial charge is 0.159 e. The summed E-state index contributed by atoms with van der Waals surface area (Å²) >= 11 is 0. The molecular weight excluding hydrogens is 741 g/mol. The molecule has 0 spiro atoms. The molecule has 0 unspecified atom stereocenters. The van der Waals surface area contributed by atoms with Crippen LogP contribution in [0.4, 0.5) is 28.4 Å². The SMILES string of the molecule is C=C1/C=C\C=C/CN(c2ccc(-c3ccccc3)cc2)c2ccc(-c3ccc(N(c4ccc5c(c4)C(C)(C)c4ccccc4-5)c4cccc5c4oc4ccccc45)cc3)cc21. The van der Waals surface area contributed by atoms with E-state index in [4.69, 9.17) is 4.42 Å². The lowest BCUT2D eigenvalue weighted by molar-refractivity contribution is 0.660. The van der Waals surface area contributed by atoms with E-state index >= 15 is 0 Å². The first-order valence-corrected chi connectivity index (χ1v) is 21.1. The average molecular weight is 785 g/mol. The summed E-state index contributed by atoms with van der Waals surface area (Å²) in [6.45, 7) is 9.96. The molecule has 0 saturated heterocycles. The van der Waals surface area contributed by atoms with E-state index in [1.54, 1.807) is 0 Å². The molecule has 0 bridgehead atoms. The fourth-order valence-corrected chi connectivity index (χ4v) is 9.49. The van der Waals surface area contributed by atoms with Crippen LogP contribution >= 0.6 is 0 Å². The van der Waals surface area contributed by atoms with E-state index in [1.165, 1.54) is 33.4 Å². The Hall–Kier alpha value is -7.62. The number of allylic oxidation sites excluding steroid dienone is 4. The summed E-state index contributed by atoms with van der Waals surface area (Å²) in [4.78, 5) is 4.73. The van der Waals surface area contributed by atoms with Gasteiger partial charge in [-0.1, -0.05) is 166 Å². The topological polar surface area (TPSA) is 19.6 Å². The molecule has 292 valence electrons. The van der Waals surface area contributed by atoms with E-state index < -0.39 is 0 Å². The van der Waals surface area contributed by atoms with Gasteiger partial charge in [-0.05, 0) is 111 Å². The summed E-state index contributed by atoms with van der Waals surface area (Å²) < 4.78 is 6.68. The van der Waals surface area contributed by atoms with Crippen molar-refractivity contribution in [2.75, 3.05) is 16.3 Å². The minimum Gasteiger partial charge on any atom is -0.454 e. The number of benzene rings is 8. The molecule has 3 heteroatoms. The molecule has 1 aliphatic carbocycles. The van der Waals surface area contributed by atoms with E-state index in [0.717, 1.165) is 79.2 Å². The lowest BCUT2D eigenvalue weighted by atomic mass is 9.82. The quantitative estimate of drug-likeness (QED) is 0.167. The predicted octanol–water partition coefficient (Wildman–Crippen LogP) is 16.0. The second-order valence-corrected chi connectivity index (χ2v) is 16.6. The van der Waals surface area contributed by atoms with Crippen molar-refractivity contribution < 1.29 is 4.42 Å². The summed E-state index contributed by atoms with van der Waals surface area (Å²) in [6.07, 6.45) is 8.51. The summed E-state index contributed by atoms with van der Waals surface area (Å²) in [5.74, 6) is 0. The summed E-state index contributed by atoms with van der Waals surface area (Å²) in [5, 5.41) is 2.22. The van der Waals surface area contributed by atoms with Crippen molar-refractivity contribution >= 4 is 55.9 Å². The van der Waals surface area contributed by atoms with Crippen molar-refractivity contribution in [2.45, 2.75) is 19.3 Å². The highest BCUT2D eigenvalue weighted by Gasteiger charge is 2.36. The zero-order valence-electron chi connectivity index (χ0n) is 34.3. The average Bonchev–Trinajstić information content (AvgIpc) is 3.82. The monoisotopic (exact) mass is 784 g/mol. The van der Waals surface area contributed by atoms with Gasteiger partial charge in [-0.15, -0.1) is 0 Å². The Labute approximate surface area is 357 Å². The van der Waals surface area contributed by atoms with Crippen LogP contribution in [-0.4, -0.2) is 6.54 Å². The van der Waals surface area contributed by atoms with Crippen LogP contribution in [0, 0.1) is 0 Å². The Balaban J connectivity index is 0.997.